The summed E-state index contributed by atoms with van der Waals surface area (Å²) in [6.07, 6.45) is 5.58. The zero-order valence-electron chi connectivity index (χ0n) is 13.6. The molecule has 3 heterocycles. The first-order valence-corrected chi connectivity index (χ1v) is 9.52. The maximum absolute atomic E-state index is 12.1. The van der Waals surface area contributed by atoms with Gasteiger partial charge in [0.25, 0.3) is 0 Å². The fourth-order valence-corrected chi connectivity index (χ4v) is 4.18. The molecule has 0 bridgehead atoms. The number of aromatic nitrogens is 4. The average Bonchev–Trinajstić information content (AvgIpc) is 2.92. The largest absolute Gasteiger partial charge is 0.266 e. The number of rotatable bonds is 3. The number of piperidine rings is 1. The van der Waals surface area contributed by atoms with Gasteiger partial charge in [-0.25, -0.2) is 18.4 Å². The fraction of sp³-hybridized carbons (Fsp3) is 0.533. The topological polar surface area (TPSA) is 81.0 Å². The van der Waals surface area contributed by atoms with Crippen LogP contribution in [0.5, 0.6) is 0 Å². The van der Waals surface area contributed by atoms with Gasteiger partial charge in [0.05, 0.1) is 23.7 Å². The maximum atomic E-state index is 12.1. The molecule has 124 valence electrons. The Hall–Kier alpha value is -1.80. The van der Waals surface area contributed by atoms with E-state index in [-0.39, 0.29) is 6.04 Å². The Bertz CT molecular complexity index is 815. The van der Waals surface area contributed by atoms with E-state index in [9.17, 15) is 8.42 Å². The van der Waals surface area contributed by atoms with Gasteiger partial charge < -0.3 is 0 Å². The molecule has 0 unspecified atom stereocenters. The molecule has 0 aromatic carbocycles. The highest BCUT2D eigenvalue weighted by molar-refractivity contribution is 7.88. The first-order chi connectivity index (χ1) is 10.9. The van der Waals surface area contributed by atoms with E-state index in [4.69, 9.17) is 0 Å². The van der Waals surface area contributed by atoms with Gasteiger partial charge in [-0.2, -0.15) is 9.40 Å². The summed E-state index contributed by atoms with van der Waals surface area (Å²) < 4.78 is 27.4. The third-order valence-corrected chi connectivity index (χ3v) is 5.42. The summed E-state index contributed by atoms with van der Waals surface area (Å²) in [5, 5.41) is 4.17. The van der Waals surface area contributed by atoms with E-state index in [0.29, 0.717) is 12.4 Å². The molecule has 1 aliphatic rings. The molecule has 0 N–H and O–H groups in total. The monoisotopic (exact) mass is 335 g/mol. The van der Waals surface area contributed by atoms with Gasteiger partial charge in [0, 0.05) is 25.5 Å². The van der Waals surface area contributed by atoms with E-state index in [1.165, 1.54) is 10.6 Å². The lowest BCUT2D eigenvalue weighted by Crippen LogP contribution is -2.38. The van der Waals surface area contributed by atoms with E-state index >= 15 is 0 Å². The third kappa shape index (κ3) is 3.28. The molecular weight excluding hydrogens is 314 g/mol. The molecule has 23 heavy (non-hydrogen) atoms. The highest BCUT2D eigenvalue weighted by atomic mass is 32.2. The van der Waals surface area contributed by atoms with Crippen LogP contribution in [0.3, 0.4) is 0 Å². The molecule has 0 aliphatic carbocycles. The van der Waals surface area contributed by atoms with Crippen LogP contribution in [0.15, 0.2) is 18.3 Å². The van der Waals surface area contributed by atoms with E-state index in [1.54, 1.807) is 10.9 Å². The van der Waals surface area contributed by atoms with Crippen LogP contribution in [0.4, 0.5) is 0 Å². The Labute approximate surface area is 136 Å². The minimum Gasteiger partial charge on any atom is -0.266 e. The van der Waals surface area contributed by atoms with Crippen molar-refractivity contribution in [3.05, 3.63) is 29.8 Å². The van der Waals surface area contributed by atoms with Crippen molar-refractivity contribution in [2.75, 3.05) is 12.8 Å². The normalized spacial score (nSPS) is 19.9. The van der Waals surface area contributed by atoms with Crippen molar-refractivity contribution in [2.45, 2.75) is 32.2 Å². The van der Waals surface area contributed by atoms with Crippen LogP contribution in [0.25, 0.3) is 11.4 Å². The van der Waals surface area contributed by atoms with Gasteiger partial charge in [0.15, 0.2) is 0 Å². The summed E-state index contributed by atoms with van der Waals surface area (Å²) in [5.41, 5.74) is 2.48. The lowest BCUT2D eigenvalue weighted by Gasteiger charge is -2.32. The van der Waals surface area contributed by atoms with Crippen molar-refractivity contribution in [3.8, 4) is 11.4 Å². The van der Waals surface area contributed by atoms with Crippen molar-refractivity contribution in [1.29, 1.82) is 0 Å². The SMILES string of the molecule is Cc1cc(-c2ccnn2C)nc([C@@H]2CCCCN2S(C)(=O)=O)n1. The van der Waals surface area contributed by atoms with Crippen LogP contribution in [0.1, 0.15) is 36.8 Å². The lowest BCUT2D eigenvalue weighted by molar-refractivity contribution is 0.248. The van der Waals surface area contributed by atoms with E-state index in [0.717, 1.165) is 36.3 Å². The molecule has 0 saturated carbocycles. The molecule has 1 aliphatic heterocycles. The Morgan fingerprint density at radius 2 is 2.04 bits per heavy atom. The number of nitrogens with zero attached hydrogens (tertiary/aromatic N) is 5. The van der Waals surface area contributed by atoms with Crippen molar-refractivity contribution in [3.63, 3.8) is 0 Å². The molecule has 7 nitrogen and oxygen atoms in total. The summed E-state index contributed by atoms with van der Waals surface area (Å²) in [7, 11) is -1.42. The van der Waals surface area contributed by atoms with Gasteiger partial charge in [0.1, 0.15) is 5.82 Å². The first kappa shape index (κ1) is 16.1. The van der Waals surface area contributed by atoms with E-state index in [1.807, 2.05) is 26.1 Å². The number of hydrogen-bond acceptors (Lipinski definition) is 5. The lowest BCUT2D eigenvalue weighted by atomic mass is 10.0. The van der Waals surface area contributed by atoms with E-state index in [2.05, 4.69) is 15.1 Å². The van der Waals surface area contributed by atoms with Gasteiger partial charge in [-0.1, -0.05) is 6.42 Å². The van der Waals surface area contributed by atoms with Crippen LogP contribution in [-0.2, 0) is 17.1 Å². The zero-order chi connectivity index (χ0) is 16.6. The second-order valence-electron chi connectivity index (χ2n) is 5.98. The quantitative estimate of drug-likeness (QED) is 0.852. The Balaban J connectivity index is 2.05. The summed E-state index contributed by atoms with van der Waals surface area (Å²) in [5.74, 6) is 0.575. The van der Waals surface area contributed by atoms with Gasteiger partial charge >= 0.3 is 0 Å². The minimum atomic E-state index is -3.28. The Morgan fingerprint density at radius 1 is 1.26 bits per heavy atom. The van der Waals surface area contributed by atoms with Gasteiger partial charge in [-0.15, -0.1) is 0 Å². The molecule has 3 rings (SSSR count). The molecule has 0 spiro atoms. The van der Waals surface area contributed by atoms with Crippen LogP contribution in [0, 0.1) is 6.92 Å². The average molecular weight is 335 g/mol. The van der Waals surface area contributed by atoms with Crippen LogP contribution in [0.2, 0.25) is 0 Å². The predicted octanol–water partition coefficient (Wildman–Crippen LogP) is 1.67. The third-order valence-electron chi connectivity index (χ3n) is 4.13. The summed E-state index contributed by atoms with van der Waals surface area (Å²) in [6.45, 7) is 2.43. The smallest absolute Gasteiger partial charge is 0.211 e. The van der Waals surface area contributed by atoms with Gasteiger partial charge in [-0.05, 0) is 31.9 Å². The molecule has 0 amide bonds. The molecule has 0 radical (unpaired) electrons. The number of aryl methyl sites for hydroxylation is 2. The van der Waals surface area contributed by atoms with E-state index < -0.39 is 10.0 Å². The molecule has 1 atom stereocenters. The minimum absolute atomic E-state index is 0.286. The van der Waals surface area contributed by atoms with Crippen molar-refractivity contribution in [2.24, 2.45) is 7.05 Å². The number of sulfonamides is 1. The highest BCUT2D eigenvalue weighted by Gasteiger charge is 2.32. The van der Waals surface area contributed by atoms with Gasteiger partial charge in [-0.3, -0.25) is 4.68 Å². The Kier molecular flexibility index (Phi) is 4.20. The summed E-state index contributed by atoms with van der Waals surface area (Å²) >= 11 is 0. The highest BCUT2D eigenvalue weighted by Crippen LogP contribution is 2.32. The first-order valence-electron chi connectivity index (χ1n) is 7.67. The molecule has 8 heteroatoms. The molecule has 1 fully saturated rings. The fourth-order valence-electron chi connectivity index (χ4n) is 3.06. The van der Waals surface area contributed by atoms with Crippen molar-refractivity contribution in [1.82, 2.24) is 24.1 Å². The van der Waals surface area contributed by atoms with Crippen molar-refractivity contribution >= 4 is 10.0 Å². The van der Waals surface area contributed by atoms with Crippen LogP contribution in [-0.4, -0.2) is 45.3 Å². The van der Waals surface area contributed by atoms with Crippen LogP contribution < -0.4 is 0 Å². The molecule has 1 saturated heterocycles. The Morgan fingerprint density at radius 3 is 2.70 bits per heavy atom. The van der Waals surface area contributed by atoms with Gasteiger partial charge in [0.2, 0.25) is 10.0 Å². The molecular formula is C15H21N5O2S. The standard InChI is InChI=1S/C15H21N5O2S/c1-11-10-12(13-7-8-16-19(13)2)18-15(17-11)14-6-4-5-9-20(14)23(3,21)22/h7-8,10,14H,4-6,9H2,1-3H3/t14-/m0/s1. The summed E-state index contributed by atoms with van der Waals surface area (Å²) in [4.78, 5) is 9.16. The maximum Gasteiger partial charge on any atom is 0.211 e. The summed E-state index contributed by atoms with van der Waals surface area (Å²) in [6, 6.07) is 3.50. The second-order valence-corrected chi connectivity index (χ2v) is 7.91. The zero-order valence-corrected chi connectivity index (χ0v) is 14.4. The second kappa shape index (κ2) is 6.01. The van der Waals surface area contributed by atoms with Crippen molar-refractivity contribution < 1.29 is 8.42 Å². The number of hydrogen-bond donors (Lipinski definition) is 0. The molecule has 2 aromatic heterocycles. The van der Waals surface area contributed by atoms with Crippen LogP contribution >= 0.6 is 0 Å². The predicted molar refractivity (Wildman–Crippen MR) is 87.1 cm³/mol. The molecule has 2 aromatic rings.